The molecule has 0 bridgehead atoms. The molecule has 0 aromatic heterocycles. The van der Waals surface area contributed by atoms with Crippen LogP contribution >= 0.6 is 11.8 Å². The minimum absolute atomic E-state index is 0. The molecular formula is C16H19ClNOS-. The minimum atomic E-state index is 0. The van der Waals surface area contributed by atoms with E-state index in [1.54, 1.807) is 23.9 Å². The molecule has 0 heterocycles. The van der Waals surface area contributed by atoms with E-state index in [-0.39, 0.29) is 12.4 Å². The number of nitrogens with one attached hydrogen (secondary N) is 1. The van der Waals surface area contributed by atoms with Gasteiger partial charge in [-0.2, -0.15) is 0 Å². The molecule has 0 spiro atoms. The van der Waals surface area contributed by atoms with E-state index in [4.69, 9.17) is 0 Å². The predicted molar refractivity (Wildman–Crippen MR) is 80.9 cm³/mol. The summed E-state index contributed by atoms with van der Waals surface area (Å²) < 4.78 is 0. The Hall–Kier alpha value is -1.16. The van der Waals surface area contributed by atoms with Crippen molar-refractivity contribution in [3.8, 4) is 5.75 Å². The van der Waals surface area contributed by atoms with Gasteiger partial charge in [0.25, 0.3) is 0 Å². The molecule has 2 rings (SSSR count). The number of phenolic OH excluding ortho intramolecular Hbond substituents is 1. The van der Waals surface area contributed by atoms with Crippen molar-refractivity contribution in [2.24, 2.45) is 0 Å². The van der Waals surface area contributed by atoms with Crippen LogP contribution in [0.15, 0.2) is 58.3 Å². The number of likely N-dealkylation sites (N-methyl/N-ethyl adjacent to an activating group) is 1. The number of aromatic hydroxyl groups is 1. The highest BCUT2D eigenvalue weighted by molar-refractivity contribution is 7.99. The molecule has 0 fully saturated rings. The van der Waals surface area contributed by atoms with E-state index in [9.17, 15) is 5.11 Å². The van der Waals surface area contributed by atoms with Crippen LogP contribution in [0.25, 0.3) is 0 Å². The fourth-order valence-corrected chi connectivity index (χ4v) is 2.80. The Morgan fingerprint density at radius 1 is 1.10 bits per heavy atom. The summed E-state index contributed by atoms with van der Waals surface area (Å²) in [6.07, 6.45) is 1.01. The molecule has 4 heteroatoms. The Morgan fingerprint density at radius 2 is 1.75 bits per heavy atom. The summed E-state index contributed by atoms with van der Waals surface area (Å²) in [6.45, 7) is 2.18. The van der Waals surface area contributed by atoms with Crippen LogP contribution in [0.1, 0.15) is 12.5 Å². The molecule has 2 N–H and O–H groups in total. The summed E-state index contributed by atoms with van der Waals surface area (Å²) in [5.41, 5.74) is 1.35. The fraction of sp³-hybridized carbons (Fsp3) is 0.250. The average molecular weight is 309 g/mol. The van der Waals surface area contributed by atoms with Gasteiger partial charge in [-0.3, -0.25) is 0 Å². The van der Waals surface area contributed by atoms with E-state index in [0.29, 0.717) is 11.8 Å². The molecule has 0 aliphatic carbocycles. The molecule has 1 unspecified atom stereocenters. The van der Waals surface area contributed by atoms with Crippen LogP contribution in [0, 0.1) is 0 Å². The van der Waals surface area contributed by atoms with Crippen LogP contribution < -0.4 is 17.7 Å². The van der Waals surface area contributed by atoms with Crippen LogP contribution in [0.2, 0.25) is 0 Å². The standard InChI is InChI=1S/C16H19NOS.ClH/c1-12(17-2)11-13-5-3-4-6-16(13)19-15-9-7-14(18)8-10-15;/h3-10,12,17-18H,11H2,1-2H3;1H/p-1. The van der Waals surface area contributed by atoms with E-state index in [0.717, 1.165) is 11.3 Å². The topological polar surface area (TPSA) is 32.3 Å². The highest BCUT2D eigenvalue weighted by atomic mass is 35.5. The van der Waals surface area contributed by atoms with Gasteiger partial charge in [-0.05, 0) is 56.3 Å². The maximum atomic E-state index is 9.31. The molecule has 0 saturated carbocycles. The molecule has 2 nitrogen and oxygen atoms in total. The summed E-state index contributed by atoms with van der Waals surface area (Å²) in [7, 11) is 1.99. The van der Waals surface area contributed by atoms with Gasteiger partial charge in [0, 0.05) is 15.8 Å². The maximum absolute atomic E-state index is 9.31. The molecule has 2 aromatic carbocycles. The van der Waals surface area contributed by atoms with Crippen molar-refractivity contribution < 1.29 is 17.5 Å². The molecule has 1 atom stereocenters. The van der Waals surface area contributed by atoms with E-state index in [1.807, 2.05) is 19.2 Å². The summed E-state index contributed by atoms with van der Waals surface area (Å²) >= 11 is 1.74. The second-order valence-electron chi connectivity index (χ2n) is 4.60. The summed E-state index contributed by atoms with van der Waals surface area (Å²) in [5, 5.41) is 12.6. The smallest absolute Gasteiger partial charge is 0.115 e. The summed E-state index contributed by atoms with van der Waals surface area (Å²) in [6, 6.07) is 16.3. The van der Waals surface area contributed by atoms with Gasteiger partial charge in [0.05, 0.1) is 0 Å². The third-order valence-corrected chi connectivity index (χ3v) is 4.18. The first-order chi connectivity index (χ1) is 9.19. The van der Waals surface area contributed by atoms with Gasteiger partial charge in [0.15, 0.2) is 0 Å². The fourth-order valence-electron chi connectivity index (χ4n) is 1.85. The molecule has 20 heavy (non-hydrogen) atoms. The summed E-state index contributed by atoms with van der Waals surface area (Å²) in [5.74, 6) is 0.307. The molecule has 2 aromatic rings. The van der Waals surface area contributed by atoms with Crippen molar-refractivity contribution in [1.29, 1.82) is 0 Å². The van der Waals surface area contributed by atoms with Crippen molar-refractivity contribution >= 4 is 11.8 Å². The van der Waals surface area contributed by atoms with Crippen molar-refractivity contribution in [2.45, 2.75) is 29.2 Å². The second-order valence-corrected chi connectivity index (χ2v) is 5.71. The first-order valence-corrected chi connectivity index (χ1v) is 7.22. The quantitative estimate of drug-likeness (QED) is 0.853. The van der Waals surface area contributed by atoms with Gasteiger partial charge in [-0.15, -0.1) is 0 Å². The molecule has 0 aliphatic heterocycles. The van der Waals surface area contributed by atoms with Crippen molar-refractivity contribution in [3.05, 3.63) is 54.1 Å². The Morgan fingerprint density at radius 3 is 2.40 bits per heavy atom. The van der Waals surface area contributed by atoms with Crippen LogP contribution in [0.3, 0.4) is 0 Å². The zero-order valence-corrected chi connectivity index (χ0v) is 13.2. The lowest BCUT2D eigenvalue weighted by atomic mass is 10.1. The molecule has 0 saturated heterocycles. The van der Waals surface area contributed by atoms with Gasteiger partial charge < -0.3 is 22.8 Å². The van der Waals surface area contributed by atoms with Crippen molar-refractivity contribution in [3.63, 3.8) is 0 Å². The predicted octanol–water partition coefficient (Wildman–Crippen LogP) is 0.698. The Balaban J connectivity index is 0.00000200. The number of rotatable bonds is 5. The number of halogens is 1. The Kier molecular flexibility index (Phi) is 6.93. The number of benzene rings is 2. The van der Waals surface area contributed by atoms with Crippen molar-refractivity contribution in [2.75, 3.05) is 7.05 Å². The molecule has 0 radical (unpaired) electrons. The van der Waals surface area contributed by atoms with Gasteiger partial charge in [0.1, 0.15) is 5.75 Å². The first-order valence-electron chi connectivity index (χ1n) is 6.41. The third kappa shape index (κ3) is 4.75. The van der Waals surface area contributed by atoms with E-state index in [1.165, 1.54) is 10.5 Å². The van der Waals surface area contributed by atoms with E-state index >= 15 is 0 Å². The zero-order chi connectivity index (χ0) is 13.7. The summed E-state index contributed by atoms with van der Waals surface area (Å²) in [4.78, 5) is 2.41. The Labute approximate surface area is 131 Å². The maximum Gasteiger partial charge on any atom is 0.115 e. The molecule has 0 amide bonds. The lowest BCUT2D eigenvalue weighted by Gasteiger charge is -2.13. The number of hydrogen-bond donors (Lipinski definition) is 2. The van der Waals surface area contributed by atoms with Crippen LogP contribution in [-0.4, -0.2) is 18.2 Å². The van der Waals surface area contributed by atoms with Gasteiger partial charge in [-0.1, -0.05) is 30.0 Å². The van der Waals surface area contributed by atoms with Gasteiger partial charge in [0.2, 0.25) is 0 Å². The van der Waals surface area contributed by atoms with Gasteiger partial charge >= 0.3 is 0 Å². The first kappa shape index (κ1) is 16.9. The lowest BCUT2D eigenvalue weighted by Crippen LogP contribution is -3.00. The monoisotopic (exact) mass is 308 g/mol. The van der Waals surface area contributed by atoms with Gasteiger partial charge in [-0.25, -0.2) is 0 Å². The molecular weight excluding hydrogens is 290 g/mol. The normalized spacial score (nSPS) is 11.7. The third-order valence-electron chi connectivity index (χ3n) is 3.06. The SMILES string of the molecule is CNC(C)Cc1ccccc1Sc1ccc(O)cc1.[Cl-]. The lowest BCUT2D eigenvalue weighted by molar-refractivity contribution is -0.00000507. The minimum Gasteiger partial charge on any atom is -1.00 e. The van der Waals surface area contributed by atoms with Crippen LogP contribution in [-0.2, 0) is 6.42 Å². The second kappa shape index (κ2) is 8.20. The van der Waals surface area contributed by atoms with Crippen LogP contribution in [0.5, 0.6) is 5.75 Å². The largest absolute Gasteiger partial charge is 1.00 e. The molecule has 108 valence electrons. The number of phenols is 1. The van der Waals surface area contributed by atoms with Crippen molar-refractivity contribution in [1.82, 2.24) is 5.32 Å². The van der Waals surface area contributed by atoms with Crippen LogP contribution in [0.4, 0.5) is 0 Å². The number of hydrogen-bond acceptors (Lipinski definition) is 3. The highest BCUT2D eigenvalue weighted by Gasteiger charge is 2.07. The molecule has 0 aliphatic rings. The van der Waals surface area contributed by atoms with E-state index < -0.39 is 0 Å². The Bertz CT molecular complexity index is 530. The highest BCUT2D eigenvalue weighted by Crippen LogP contribution is 2.31. The van der Waals surface area contributed by atoms with E-state index in [2.05, 4.69) is 36.5 Å². The average Bonchev–Trinajstić information content (AvgIpc) is 2.43. The zero-order valence-electron chi connectivity index (χ0n) is 11.6.